The number of amides is 1. The predicted molar refractivity (Wildman–Crippen MR) is 124 cm³/mol. The number of nitrogens with zero attached hydrogens (tertiary/aromatic N) is 2. The maximum Gasteiger partial charge on any atom is 0.264 e. The molecule has 0 spiro atoms. The van der Waals surface area contributed by atoms with Crippen molar-refractivity contribution < 1.29 is 13.2 Å². The Morgan fingerprint density at radius 2 is 1.65 bits per heavy atom. The first-order valence-electron chi connectivity index (χ1n) is 10.5. The molecule has 0 bridgehead atoms. The summed E-state index contributed by atoms with van der Waals surface area (Å²) in [6.07, 6.45) is 1.44. The fraction of sp³-hybridized carbons (Fsp3) is 0.240. The van der Waals surface area contributed by atoms with Gasteiger partial charge in [-0.3, -0.25) is 9.10 Å². The minimum atomic E-state index is -3.92. The van der Waals surface area contributed by atoms with Gasteiger partial charge in [0.25, 0.3) is 10.0 Å². The number of anilines is 2. The number of sulfonamides is 1. The van der Waals surface area contributed by atoms with E-state index in [1.807, 2.05) is 56.3 Å². The Kier molecular flexibility index (Phi) is 5.83. The van der Waals surface area contributed by atoms with Crippen molar-refractivity contribution in [2.75, 3.05) is 22.3 Å². The van der Waals surface area contributed by atoms with Gasteiger partial charge in [-0.1, -0.05) is 61.0 Å². The summed E-state index contributed by atoms with van der Waals surface area (Å²) in [7, 11) is -3.92. The molecule has 0 unspecified atom stereocenters. The maximum absolute atomic E-state index is 13.7. The summed E-state index contributed by atoms with van der Waals surface area (Å²) in [4.78, 5) is 15.2. The molecule has 0 aliphatic carbocycles. The van der Waals surface area contributed by atoms with Crippen LogP contribution in [0.25, 0.3) is 0 Å². The number of hydrogen-bond acceptors (Lipinski definition) is 3. The van der Waals surface area contributed by atoms with Crippen molar-refractivity contribution >= 4 is 27.3 Å². The zero-order chi connectivity index (χ0) is 22.0. The van der Waals surface area contributed by atoms with Crippen LogP contribution in [0.2, 0.25) is 0 Å². The fourth-order valence-electron chi connectivity index (χ4n) is 4.00. The summed E-state index contributed by atoms with van der Waals surface area (Å²) in [5, 5.41) is 0. The van der Waals surface area contributed by atoms with E-state index in [1.165, 1.54) is 4.31 Å². The van der Waals surface area contributed by atoms with Crippen LogP contribution >= 0.6 is 0 Å². The number of para-hydroxylation sites is 2. The average molecular weight is 435 g/mol. The highest BCUT2D eigenvalue weighted by Gasteiger charge is 2.32. The van der Waals surface area contributed by atoms with Crippen LogP contribution in [0, 0.1) is 6.92 Å². The van der Waals surface area contributed by atoms with Gasteiger partial charge in [0.15, 0.2) is 0 Å². The normalized spacial score (nSPS) is 13.2. The van der Waals surface area contributed by atoms with Crippen molar-refractivity contribution in [2.45, 2.75) is 31.6 Å². The SMILES string of the molecule is CCc1ccccc1N(CC(=O)N1CCc2ccccc21)S(=O)(=O)c1ccc(C)cc1. The summed E-state index contributed by atoms with van der Waals surface area (Å²) in [6, 6.07) is 21.9. The molecule has 6 heteroatoms. The van der Waals surface area contributed by atoms with Crippen LogP contribution < -0.4 is 9.21 Å². The van der Waals surface area contributed by atoms with E-state index in [2.05, 4.69) is 0 Å². The Balaban J connectivity index is 1.75. The van der Waals surface area contributed by atoms with Crippen molar-refractivity contribution in [3.63, 3.8) is 0 Å². The van der Waals surface area contributed by atoms with Crippen LogP contribution in [0.1, 0.15) is 23.6 Å². The summed E-state index contributed by atoms with van der Waals surface area (Å²) in [5.41, 5.74) is 4.38. The van der Waals surface area contributed by atoms with E-state index in [1.54, 1.807) is 35.2 Å². The second-order valence-corrected chi connectivity index (χ2v) is 9.59. The molecule has 4 rings (SSSR count). The molecular weight excluding hydrogens is 408 g/mol. The van der Waals surface area contributed by atoms with Gasteiger partial charge < -0.3 is 4.90 Å². The van der Waals surface area contributed by atoms with Gasteiger partial charge in [0.1, 0.15) is 6.54 Å². The second kappa shape index (κ2) is 8.55. The Morgan fingerprint density at radius 1 is 0.968 bits per heavy atom. The molecule has 0 atom stereocenters. The molecule has 0 radical (unpaired) electrons. The minimum Gasteiger partial charge on any atom is -0.310 e. The van der Waals surface area contributed by atoms with Gasteiger partial charge in [-0.25, -0.2) is 8.42 Å². The molecule has 0 fully saturated rings. The summed E-state index contributed by atoms with van der Waals surface area (Å²) in [5.74, 6) is -0.230. The number of rotatable bonds is 6. The van der Waals surface area contributed by atoms with Crippen LogP contribution in [-0.4, -0.2) is 27.4 Å². The number of carbonyl (C=O) groups excluding carboxylic acids is 1. The fourth-order valence-corrected chi connectivity index (χ4v) is 5.45. The Hall–Kier alpha value is -3.12. The van der Waals surface area contributed by atoms with Crippen LogP contribution in [0.4, 0.5) is 11.4 Å². The van der Waals surface area contributed by atoms with Crippen molar-refractivity contribution in [1.82, 2.24) is 0 Å². The zero-order valence-corrected chi connectivity index (χ0v) is 18.6. The molecule has 0 saturated heterocycles. The van der Waals surface area contributed by atoms with E-state index in [9.17, 15) is 13.2 Å². The molecule has 3 aromatic carbocycles. The van der Waals surface area contributed by atoms with Gasteiger partial charge >= 0.3 is 0 Å². The van der Waals surface area contributed by atoms with Crippen molar-refractivity contribution in [2.24, 2.45) is 0 Å². The van der Waals surface area contributed by atoms with Gasteiger partial charge in [0, 0.05) is 12.2 Å². The molecule has 1 aliphatic heterocycles. The smallest absolute Gasteiger partial charge is 0.264 e. The minimum absolute atomic E-state index is 0.179. The van der Waals surface area contributed by atoms with Crippen LogP contribution in [0.3, 0.4) is 0 Å². The lowest BCUT2D eigenvalue weighted by atomic mass is 10.1. The Morgan fingerprint density at radius 3 is 2.39 bits per heavy atom. The highest BCUT2D eigenvalue weighted by molar-refractivity contribution is 7.92. The van der Waals surface area contributed by atoms with Gasteiger partial charge in [0.2, 0.25) is 5.91 Å². The summed E-state index contributed by atoms with van der Waals surface area (Å²) < 4.78 is 28.6. The molecule has 5 nitrogen and oxygen atoms in total. The lowest BCUT2D eigenvalue weighted by molar-refractivity contribution is -0.117. The van der Waals surface area contributed by atoms with Crippen LogP contribution in [0.15, 0.2) is 77.7 Å². The van der Waals surface area contributed by atoms with Crippen molar-refractivity contribution in [3.05, 3.63) is 89.5 Å². The Labute approximate surface area is 184 Å². The highest BCUT2D eigenvalue weighted by Crippen LogP contribution is 2.31. The standard InChI is InChI=1S/C25H26N2O3S/c1-3-20-8-4-7-11-24(20)27(31(29,30)22-14-12-19(2)13-15-22)18-25(28)26-17-16-21-9-5-6-10-23(21)26/h4-15H,3,16-18H2,1-2H3. The molecule has 0 saturated carbocycles. The van der Waals surface area contributed by atoms with E-state index >= 15 is 0 Å². The first-order valence-corrected chi connectivity index (χ1v) is 11.9. The summed E-state index contributed by atoms with van der Waals surface area (Å²) >= 11 is 0. The first-order chi connectivity index (χ1) is 14.9. The third-order valence-electron chi connectivity index (χ3n) is 5.72. The molecule has 1 amide bonds. The number of carbonyl (C=O) groups is 1. The van der Waals surface area contributed by atoms with Crippen molar-refractivity contribution in [1.29, 1.82) is 0 Å². The van der Waals surface area contributed by atoms with Gasteiger partial charge in [-0.15, -0.1) is 0 Å². The third-order valence-corrected chi connectivity index (χ3v) is 7.49. The monoisotopic (exact) mass is 434 g/mol. The molecule has 31 heavy (non-hydrogen) atoms. The highest BCUT2D eigenvalue weighted by atomic mass is 32.2. The molecular formula is C25H26N2O3S. The van der Waals surface area contributed by atoms with E-state index < -0.39 is 10.0 Å². The third kappa shape index (κ3) is 4.08. The summed E-state index contributed by atoms with van der Waals surface area (Å²) in [6.45, 7) is 4.20. The molecule has 0 aromatic heterocycles. The van der Waals surface area contributed by atoms with Gasteiger partial charge in [-0.2, -0.15) is 0 Å². The number of fused-ring (bicyclic) bond motifs is 1. The lowest BCUT2D eigenvalue weighted by Crippen LogP contribution is -2.43. The molecule has 0 N–H and O–H groups in total. The largest absolute Gasteiger partial charge is 0.310 e. The van der Waals surface area contributed by atoms with Crippen LogP contribution in [-0.2, 0) is 27.7 Å². The quantitative estimate of drug-likeness (QED) is 0.580. The molecule has 1 aliphatic rings. The molecule has 1 heterocycles. The molecule has 160 valence electrons. The zero-order valence-electron chi connectivity index (χ0n) is 17.8. The predicted octanol–water partition coefficient (Wildman–Crippen LogP) is 4.34. The van der Waals surface area contributed by atoms with E-state index in [0.29, 0.717) is 18.7 Å². The lowest BCUT2D eigenvalue weighted by Gasteiger charge is -2.28. The second-order valence-electron chi connectivity index (χ2n) is 7.73. The van der Waals surface area contributed by atoms with E-state index in [0.717, 1.165) is 28.8 Å². The maximum atomic E-state index is 13.7. The number of aryl methyl sites for hydroxylation is 2. The van der Waals surface area contributed by atoms with Crippen molar-refractivity contribution in [3.8, 4) is 0 Å². The van der Waals surface area contributed by atoms with Crippen LogP contribution in [0.5, 0.6) is 0 Å². The first kappa shape index (κ1) is 21.1. The molecule has 3 aromatic rings. The van der Waals surface area contributed by atoms with Gasteiger partial charge in [0.05, 0.1) is 10.6 Å². The number of benzene rings is 3. The van der Waals surface area contributed by atoms with E-state index in [4.69, 9.17) is 0 Å². The van der Waals surface area contributed by atoms with E-state index in [-0.39, 0.29) is 17.3 Å². The Bertz CT molecular complexity index is 1200. The average Bonchev–Trinajstić information content (AvgIpc) is 3.22. The topological polar surface area (TPSA) is 57.7 Å². The van der Waals surface area contributed by atoms with Gasteiger partial charge in [-0.05, 0) is 55.2 Å². The number of hydrogen-bond donors (Lipinski definition) is 0.